The Balaban J connectivity index is 2.23. The molecule has 6 atom stereocenters. The summed E-state index contributed by atoms with van der Waals surface area (Å²) in [4.78, 5) is 50.9. The summed E-state index contributed by atoms with van der Waals surface area (Å²) < 4.78 is 0. The van der Waals surface area contributed by atoms with Gasteiger partial charge in [-0.15, -0.1) is 0 Å². The normalized spacial score (nSPS) is 15.5. The first kappa shape index (κ1) is 32.1. The number of carbonyl (C=O) groups is 4. The van der Waals surface area contributed by atoms with Crippen LogP contribution in [-0.4, -0.2) is 74.4 Å². The number of benzene rings is 2. The molecule has 12 nitrogen and oxygen atoms in total. The van der Waals surface area contributed by atoms with E-state index in [1.54, 1.807) is 38.1 Å². The number of nitrogens with two attached hydrogens (primary N) is 1. The van der Waals surface area contributed by atoms with Gasteiger partial charge in [0, 0.05) is 6.42 Å². The number of phenolic OH excluding ortho intramolecular Hbond substituents is 2. The number of phenols is 2. The lowest BCUT2D eigenvalue weighted by atomic mass is 9.98. The van der Waals surface area contributed by atoms with Crippen molar-refractivity contribution in [3.8, 4) is 11.5 Å². The first-order chi connectivity index (χ1) is 18.8. The summed E-state index contributed by atoms with van der Waals surface area (Å²) >= 11 is 0. The number of aliphatic hydroxyl groups excluding tert-OH is 1. The summed E-state index contributed by atoms with van der Waals surface area (Å²) in [6.45, 7) is 4.69. The van der Waals surface area contributed by atoms with Gasteiger partial charge in [-0.25, -0.2) is 4.79 Å². The van der Waals surface area contributed by atoms with E-state index in [2.05, 4.69) is 16.0 Å². The van der Waals surface area contributed by atoms with Crippen molar-refractivity contribution in [2.45, 2.75) is 70.3 Å². The highest BCUT2D eigenvalue weighted by Gasteiger charge is 2.34. The number of hydrogen-bond donors (Lipinski definition) is 8. The molecule has 6 unspecified atom stereocenters. The van der Waals surface area contributed by atoms with E-state index in [9.17, 15) is 39.6 Å². The Morgan fingerprint density at radius 1 is 0.750 bits per heavy atom. The van der Waals surface area contributed by atoms with E-state index in [0.29, 0.717) is 17.5 Å². The highest BCUT2D eigenvalue weighted by molar-refractivity contribution is 5.94. The molecule has 0 fully saturated rings. The molecule has 3 amide bonds. The number of hydrogen-bond acceptors (Lipinski definition) is 8. The predicted molar refractivity (Wildman–Crippen MR) is 146 cm³/mol. The molecule has 0 saturated carbocycles. The second-order valence-electron chi connectivity index (χ2n) is 9.85. The zero-order chi connectivity index (χ0) is 30.0. The lowest BCUT2D eigenvalue weighted by Gasteiger charge is -2.28. The summed E-state index contributed by atoms with van der Waals surface area (Å²) in [5.41, 5.74) is 7.33. The Bertz CT molecular complexity index is 1150. The molecule has 2 aromatic carbocycles. The molecule has 2 rings (SSSR count). The Hall–Kier alpha value is -4.16. The molecule has 0 aliphatic rings. The molecule has 0 heterocycles. The molecule has 0 radical (unpaired) electrons. The van der Waals surface area contributed by atoms with Gasteiger partial charge in [0.1, 0.15) is 29.6 Å². The molecule has 0 aliphatic carbocycles. The molecule has 0 aromatic heterocycles. The van der Waals surface area contributed by atoms with Crippen LogP contribution in [0.15, 0.2) is 48.5 Å². The van der Waals surface area contributed by atoms with E-state index >= 15 is 0 Å². The van der Waals surface area contributed by atoms with Crippen molar-refractivity contribution < 1.29 is 39.6 Å². The van der Waals surface area contributed by atoms with E-state index in [-0.39, 0.29) is 24.3 Å². The number of aliphatic hydroxyl groups is 1. The molecular weight excluding hydrogens is 520 g/mol. The van der Waals surface area contributed by atoms with Crippen LogP contribution in [0.5, 0.6) is 11.5 Å². The number of aromatic hydroxyl groups is 2. The van der Waals surface area contributed by atoms with E-state index in [1.807, 2.05) is 0 Å². The van der Waals surface area contributed by atoms with Gasteiger partial charge in [-0.1, -0.05) is 44.5 Å². The average Bonchev–Trinajstić information content (AvgIpc) is 2.91. The number of carbonyl (C=O) groups excluding carboxylic acids is 3. The van der Waals surface area contributed by atoms with Crippen molar-refractivity contribution in [1.29, 1.82) is 0 Å². The summed E-state index contributed by atoms with van der Waals surface area (Å²) in [7, 11) is 0. The van der Waals surface area contributed by atoms with Crippen molar-refractivity contribution >= 4 is 23.7 Å². The second-order valence-corrected chi connectivity index (χ2v) is 9.85. The summed E-state index contributed by atoms with van der Waals surface area (Å²) in [6, 6.07) is 7.04. The molecule has 0 aliphatic heterocycles. The predicted octanol–water partition coefficient (Wildman–Crippen LogP) is 0.176. The number of aliphatic carboxylic acids is 1. The number of amides is 3. The number of carboxylic acids is 1. The summed E-state index contributed by atoms with van der Waals surface area (Å²) in [5, 5.41) is 46.2. The molecule has 12 heteroatoms. The fourth-order valence-corrected chi connectivity index (χ4v) is 3.92. The number of nitrogens with one attached hydrogen (secondary N) is 3. The minimum Gasteiger partial charge on any atom is -0.508 e. The quantitative estimate of drug-likeness (QED) is 0.159. The van der Waals surface area contributed by atoms with Gasteiger partial charge in [0.05, 0.1) is 12.1 Å². The highest BCUT2D eigenvalue weighted by Crippen LogP contribution is 2.14. The van der Waals surface area contributed by atoms with Crippen LogP contribution in [0.25, 0.3) is 0 Å². The van der Waals surface area contributed by atoms with Crippen molar-refractivity contribution in [3.63, 3.8) is 0 Å². The van der Waals surface area contributed by atoms with Crippen LogP contribution in [-0.2, 0) is 32.0 Å². The van der Waals surface area contributed by atoms with E-state index in [0.717, 1.165) is 0 Å². The van der Waals surface area contributed by atoms with Crippen LogP contribution in [0.1, 0.15) is 38.3 Å². The SMILES string of the molecule is CCC(C)C(NC(=O)C(NC(=O)C(Cc1ccc(O)cc1)NC(=O)C(N)Cc1ccc(O)cc1)C(C)O)C(=O)O. The van der Waals surface area contributed by atoms with Crippen molar-refractivity contribution in [2.75, 3.05) is 0 Å². The van der Waals surface area contributed by atoms with Gasteiger partial charge >= 0.3 is 5.97 Å². The zero-order valence-electron chi connectivity index (χ0n) is 22.7. The van der Waals surface area contributed by atoms with Gasteiger partial charge in [-0.05, 0) is 54.7 Å². The van der Waals surface area contributed by atoms with Crippen LogP contribution in [0, 0.1) is 5.92 Å². The summed E-state index contributed by atoms with van der Waals surface area (Å²) in [5.74, 6) is -3.97. The van der Waals surface area contributed by atoms with Crippen LogP contribution in [0.3, 0.4) is 0 Å². The Morgan fingerprint density at radius 2 is 1.23 bits per heavy atom. The summed E-state index contributed by atoms with van der Waals surface area (Å²) in [6.07, 6.45) is -0.849. The maximum absolute atomic E-state index is 13.3. The molecule has 218 valence electrons. The van der Waals surface area contributed by atoms with Crippen LogP contribution in [0.4, 0.5) is 0 Å². The van der Waals surface area contributed by atoms with Crippen LogP contribution < -0.4 is 21.7 Å². The smallest absolute Gasteiger partial charge is 0.326 e. The van der Waals surface area contributed by atoms with Crippen molar-refractivity contribution in [3.05, 3.63) is 59.7 Å². The fourth-order valence-electron chi connectivity index (χ4n) is 3.92. The molecule has 0 saturated heterocycles. The maximum atomic E-state index is 13.3. The van der Waals surface area contributed by atoms with Crippen LogP contribution in [0.2, 0.25) is 0 Å². The van der Waals surface area contributed by atoms with E-state index in [4.69, 9.17) is 5.73 Å². The molecule has 9 N–H and O–H groups in total. The van der Waals surface area contributed by atoms with Gasteiger partial charge in [0.2, 0.25) is 17.7 Å². The van der Waals surface area contributed by atoms with Crippen LogP contribution >= 0.6 is 0 Å². The zero-order valence-corrected chi connectivity index (χ0v) is 22.7. The number of rotatable bonds is 14. The van der Waals surface area contributed by atoms with Gasteiger partial charge < -0.3 is 42.1 Å². The van der Waals surface area contributed by atoms with E-state index < -0.39 is 59.9 Å². The molecular formula is C28H38N4O8. The highest BCUT2D eigenvalue weighted by atomic mass is 16.4. The third-order valence-electron chi connectivity index (χ3n) is 6.58. The standard InChI is InChI=1S/C28H38N4O8/c1-4-15(2)23(28(39)40)31-27(38)24(16(3)33)32-26(37)22(14-18-7-11-20(35)12-8-18)30-25(36)21(29)13-17-5-9-19(34)10-6-17/h5-12,15-16,21-24,33-35H,4,13-14,29H2,1-3H3,(H,30,36)(H,31,38)(H,32,37)(H,39,40). The third-order valence-corrected chi connectivity index (χ3v) is 6.58. The molecule has 40 heavy (non-hydrogen) atoms. The monoisotopic (exact) mass is 558 g/mol. The third kappa shape index (κ3) is 9.54. The van der Waals surface area contributed by atoms with Gasteiger partial charge in [-0.3, -0.25) is 14.4 Å². The van der Waals surface area contributed by atoms with E-state index in [1.165, 1.54) is 31.2 Å². The number of carboxylic acid groups (broad SMARTS) is 1. The Kier molecular flexibility index (Phi) is 11.9. The minimum absolute atomic E-state index is 0.00448. The topological polar surface area (TPSA) is 211 Å². The maximum Gasteiger partial charge on any atom is 0.326 e. The van der Waals surface area contributed by atoms with Gasteiger partial charge in [0.25, 0.3) is 0 Å². The fraction of sp³-hybridized carbons (Fsp3) is 0.429. The lowest BCUT2D eigenvalue weighted by molar-refractivity contribution is -0.144. The van der Waals surface area contributed by atoms with Crippen molar-refractivity contribution in [2.24, 2.45) is 11.7 Å². The first-order valence-electron chi connectivity index (χ1n) is 13.0. The molecule has 0 spiro atoms. The lowest BCUT2D eigenvalue weighted by Crippen LogP contribution is -2.60. The first-order valence-corrected chi connectivity index (χ1v) is 13.0. The second kappa shape index (κ2) is 14.8. The van der Waals surface area contributed by atoms with Gasteiger partial charge in [0.15, 0.2) is 0 Å². The minimum atomic E-state index is -1.51. The average molecular weight is 559 g/mol. The van der Waals surface area contributed by atoms with Gasteiger partial charge in [-0.2, -0.15) is 0 Å². The largest absolute Gasteiger partial charge is 0.508 e. The Labute approximate surface area is 232 Å². The molecule has 0 bridgehead atoms. The Morgan fingerprint density at radius 3 is 1.68 bits per heavy atom. The molecule has 2 aromatic rings. The van der Waals surface area contributed by atoms with Crippen molar-refractivity contribution in [1.82, 2.24) is 16.0 Å².